The number of carbonyl (C=O) groups is 1. The van der Waals surface area contributed by atoms with E-state index in [0.29, 0.717) is 11.3 Å². The quantitative estimate of drug-likeness (QED) is 0.748. The third-order valence-electron chi connectivity index (χ3n) is 2.74. The fourth-order valence-corrected chi connectivity index (χ4v) is 2.36. The smallest absolute Gasteiger partial charge is 0.251 e. The fourth-order valence-electron chi connectivity index (χ4n) is 1.71. The lowest BCUT2D eigenvalue weighted by molar-refractivity contribution is 0.0963. The summed E-state index contributed by atoms with van der Waals surface area (Å²) in [5.41, 5.74) is 7.84. The van der Waals surface area contributed by atoms with Crippen LogP contribution in [0.2, 0.25) is 0 Å². The first-order valence-electron chi connectivity index (χ1n) is 5.89. The Morgan fingerprint density at radius 3 is 2.89 bits per heavy atom. The molecule has 0 spiro atoms. The predicted molar refractivity (Wildman–Crippen MR) is 78.4 cm³/mol. The first-order chi connectivity index (χ1) is 9.11. The van der Waals surface area contributed by atoms with E-state index < -0.39 is 0 Å². The van der Waals surface area contributed by atoms with E-state index in [1.54, 1.807) is 42.8 Å². The lowest BCUT2D eigenvalue weighted by Gasteiger charge is -2.15. The summed E-state index contributed by atoms with van der Waals surface area (Å²) in [5.74, 6) is -0.134. The Morgan fingerprint density at radius 1 is 1.47 bits per heavy atom. The van der Waals surface area contributed by atoms with Gasteiger partial charge >= 0.3 is 0 Å². The molecule has 0 bridgehead atoms. The second-order valence-electron chi connectivity index (χ2n) is 4.12. The number of rotatable bonds is 4. The predicted octanol–water partition coefficient (Wildman–Crippen LogP) is 2.26. The van der Waals surface area contributed by atoms with E-state index in [2.05, 4.69) is 15.6 Å². The van der Waals surface area contributed by atoms with Gasteiger partial charge in [0.25, 0.3) is 5.91 Å². The largest absolute Gasteiger partial charge is 0.397 e. The summed E-state index contributed by atoms with van der Waals surface area (Å²) in [6.45, 7) is 2.00. The minimum Gasteiger partial charge on any atom is -0.397 e. The van der Waals surface area contributed by atoms with Gasteiger partial charge in [-0.05, 0) is 25.1 Å². The summed E-state index contributed by atoms with van der Waals surface area (Å²) in [6, 6.07) is 5.22. The highest BCUT2D eigenvalue weighted by atomic mass is 32.1. The lowest BCUT2D eigenvalue weighted by atomic mass is 10.1. The number of nitrogens with zero attached hydrogens (tertiary/aromatic N) is 1. The normalized spacial score (nSPS) is 11.9. The van der Waals surface area contributed by atoms with Crippen molar-refractivity contribution in [2.24, 2.45) is 0 Å². The topological polar surface area (TPSA) is 80.0 Å². The van der Waals surface area contributed by atoms with Crippen molar-refractivity contribution in [3.05, 3.63) is 40.3 Å². The number of aromatic nitrogens is 1. The third kappa shape index (κ3) is 3.03. The number of carbonyl (C=O) groups excluding carboxylic acids is 1. The molecule has 2 aromatic rings. The van der Waals surface area contributed by atoms with Gasteiger partial charge in [0.15, 0.2) is 0 Å². The Labute approximate surface area is 115 Å². The van der Waals surface area contributed by atoms with Crippen LogP contribution in [0, 0.1) is 0 Å². The van der Waals surface area contributed by atoms with Crippen LogP contribution in [0.1, 0.15) is 28.3 Å². The zero-order chi connectivity index (χ0) is 13.8. The maximum Gasteiger partial charge on any atom is 0.251 e. The molecule has 0 radical (unpaired) electrons. The van der Waals surface area contributed by atoms with Crippen molar-refractivity contribution in [2.75, 3.05) is 18.1 Å². The van der Waals surface area contributed by atoms with Gasteiger partial charge in [0.2, 0.25) is 0 Å². The highest BCUT2D eigenvalue weighted by Crippen LogP contribution is 2.26. The molecule has 0 aliphatic rings. The van der Waals surface area contributed by atoms with E-state index >= 15 is 0 Å². The molecule has 4 N–H and O–H groups in total. The summed E-state index contributed by atoms with van der Waals surface area (Å²) in [5, 5.41) is 8.77. The van der Waals surface area contributed by atoms with E-state index in [1.807, 2.05) is 12.3 Å². The van der Waals surface area contributed by atoms with Gasteiger partial charge in [0.05, 0.1) is 17.4 Å². The zero-order valence-corrected chi connectivity index (χ0v) is 11.6. The van der Waals surface area contributed by atoms with Crippen molar-refractivity contribution >= 4 is 28.6 Å². The molecule has 1 aromatic carbocycles. The molecule has 1 heterocycles. The molecule has 5 nitrogen and oxygen atoms in total. The second kappa shape index (κ2) is 5.71. The molecule has 0 saturated carbocycles. The summed E-state index contributed by atoms with van der Waals surface area (Å²) in [4.78, 5) is 15.9. The molecule has 2 rings (SSSR count). The van der Waals surface area contributed by atoms with Crippen molar-refractivity contribution in [1.29, 1.82) is 0 Å². The van der Waals surface area contributed by atoms with Gasteiger partial charge in [-0.15, -0.1) is 11.3 Å². The molecule has 0 aliphatic heterocycles. The second-order valence-corrected chi connectivity index (χ2v) is 5.04. The van der Waals surface area contributed by atoms with Crippen LogP contribution in [-0.2, 0) is 0 Å². The van der Waals surface area contributed by atoms with Gasteiger partial charge in [-0.1, -0.05) is 0 Å². The average Bonchev–Trinajstić information content (AvgIpc) is 2.94. The van der Waals surface area contributed by atoms with Crippen LogP contribution < -0.4 is 16.4 Å². The van der Waals surface area contributed by atoms with E-state index in [0.717, 1.165) is 10.7 Å². The van der Waals surface area contributed by atoms with Gasteiger partial charge in [0.1, 0.15) is 5.01 Å². The molecule has 100 valence electrons. The number of nitrogen functional groups attached to an aromatic ring is 1. The fraction of sp³-hybridized carbons (Fsp3) is 0.231. The van der Waals surface area contributed by atoms with Crippen LogP contribution in [0.4, 0.5) is 11.4 Å². The van der Waals surface area contributed by atoms with Crippen LogP contribution in [0.3, 0.4) is 0 Å². The standard InChI is InChI=1S/C13H16N4OS/c1-8(13-16-5-6-19-13)17-11-7-9(12(18)15-2)3-4-10(11)14/h3-8,17H,14H2,1-2H3,(H,15,18). The van der Waals surface area contributed by atoms with E-state index in [9.17, 15) is 4.79 Å². The van der Waals surface area contributed by atoms with Gasteiger partial charge in [0, 0.05) is 24.2 Å². The Balaban J connectivity index is 2.22. The SMILES string of the molecule is CNC(=O)c1ccc(N)c(NC(C)c2nccs2)c1. The zero-order valence-electron chi connectivity index (χ0n) is 10.8. The van der Waals surface area contributed by atoms with Gasteiger partial charge in [-0.25, -0.2) is 4.98 Å². The van der Waals surface area contributed by atoms with Crippen LogP contribution in [-0.4, -0.2) is 17.9 Å². The minimum atomic E-state index is -0.134. The Kier molecular flexibility index (Phi) is 4.01. The van der Waals surface area contributed by atoms with Gasteiger partial charge < -0.3 is 16.4 Å². The minimum absolute atomic E-state index is 0.0437. The van der Waals surface area contributed by atoms with Crippen molar-refractivity contribution < 1.29 is 4.79 Å². The molecule has 1 amide bonds. The Morgan fingerprint density at radius 2 is 2.26 bits per heavy atom. The highest BCUT2D eigenvalue weighted by molar-refractivity contribution is 7.09. The van der Waals surface area contributed by atoms with E-state index in [-0.39, 0.29) is 11.9 Å². The molecule has 1 atom stereocenters. The molecule has 6 heteroatoms. The monoisotopic (exact) mass is 276 g/mol. The number of hydrogen-bond donors (Lipinski definition) is 3. The molecular formula is C13H16N4OS. The van der Waals surface area contributed by atoms with Crippen LogP contribution >= 0.6 is 11.3 Å². The maximum atomic E-state index is 11.6. The first kappa shape index (κ1) is 13.4. The van der Waals surface area contributed by atoms with Crippen molar-refractivity contribution in [3.8, 4) is 0 Å². The summed E-state index contributed by atoms with van der Waals surface area (Å²) in [7, 11) is 1.60. The maximum absolute atomic E-state index is 11.6. The summed E-state index contributed by atoms with van der Waals surface area (Å²) < 4.78 is 0. The first-order valence-corrected chi connectivity index (χ1v) is 6.77. The molecule has 0 fully saturated rings. The number of anilines is 2. The van der Waals surface area contributed by atoms with Crippen LogP contribution in [0.15, 0.2) is 29.8 Å². The molecule has 1 aromatic heterocycles. The van der Waals surface area contributed by atoms with Crippen LogP contribution in [0.5, 0.6) is 0 Å². The average molecular weight is 276 g/mol. The molecule has 0 saturated heterocycles. The van der Waals surface area contributed by atoms with Crippen molar-refractivity contribution in [1.82, 2.24) is 10.3 Å². The van der Waals surface area contributed by atoms with Crippen molar-refractivity contribution in [3.63, 3.8) is 0 Å². The number of hydrogen-bond acceptors (Lipinski definition) is 5. The Hall–Kier alpha value is -2.08. The van der Waals surface area contributed by atoms with Gasteiger partial charge in [-0.3, -0.25) is 4.79 Å². The summed E-state index contributed by atoms with van der Waals surface area (Å²) in [6.07, 6.45) is 1.77. The molecule has 19 heavy (non-hydrogen) atoms. The number of nitrogens with two attached hydrogens (primary N) is 1. The van der Waals surface area contributed by atoms with Gasteiger partial charge in [-0.2, -0.15) is 0 Å². The Bertz CT molecular complexity index is 568. The number of amides is 1. The molecule has 0 aliphatic carbocycles. The molecule has 1 unspecified atom stereocenters. The van der Waals surface area contributed by atoms with Crippen molar-refractivity contribution in [2.45, 2.75) is 13.0 Å². The van der Waals surface area contributed by atoms with E-state index in [4.69, 9.17) is 5.73 Å². The number of thiazole rings is 1. The number of nitrogens with one attached hydrogen (secondary N) is 2. The van der Waals surface area contributed by atoms with Crippen LogP contribution in [0.25, 0.3) is 0 Å². The molecular weight excluding hydrogens is 260 g/mol. The highest BCUT2D eigenvalue weighted by Gasteiger charge is 2.11. The van der Waals surface area contributed by atoms with E-state index in [1.165, 1.54) is 0 Å². The number of benzene rings is 1. The summed E-state index contributed by atoms with van der Waals surface area (Å²) >= 11 is 1.58. The lowest BCUT2D eigenvalue weighted by Crippen LogP contribution is -2.18. The third-order valence-corrected chi connectivity index (χ3v) is 3.69.